The Morgan fingerprint density at radius 3 is 2.40 bits per heavy atom. The average Bonchev–Trinajstić information content (AvgIpc) is 2.98. The molecule has 25 heavy (non-hydrogen) atoms. The van der Waals surface area contributed by atoms with Crippen LogP contribution >= 0.6 is 0 Å². The van der Waals surface area contributed by atoms with Crippen LogP contribution < -0.4 is 11.2 Å². The number of fused-ring (bicyclic) bond motifs is 2. The Kier molecular flexibility index (Phi) is 3.28. The van der Waals surface area contributed by atoms with E-state index in [-0.39, 0.29) is 12.6 Å². The van der Waals surface area contributed by atoms with Crippen molar-refractivity contribution in [3.63, 3.8) is 0 Å². The first-order valence-corrected chi connectivity index (χ1v) is 8.00. The smallest absolute Gasteiger partial charge is 0.332 e. The van der Waals surface area contributed by atoms with Gasteiger partial charge in [-0.15, -0.1) is 0 Å². The number of cyclic esters (lactones) is 1. The zero-order valence-corrected chi connectivity index (χ0v) is 14.1. The van der Waals surface area contributed by atoms with Gasteiger partial charge in [-0.3, -0.25) is 18.7 Å². The molecular weight excluding hydrogens is 322 g/mol. The molecule has 0 radical (unpaired) electrons. The molecule has 1 aromatic carbocycles. The summed E-state index contributed by atoms with van der Waals surface area (Å²) in [7, 11) is 3.01. The Hall–Kier alpha value is -2.96. The van der Waals surface area contributed by atoms with Crippen LogP contribution in [0.2, 0.25) is 0 Å². The molecule has 2 aliphatic rings. The second kappa shape index (κ2) is 5.27. The summed E-state index contributed by atoms with van der Waals surface area (Å²) in [6.07, 6.45) is 0. The summed E-state index contributed by atoms with van der Waals surface area (Å²) in [5, 5.41) is 0. The molecule has 2 atom stereocenters. The summed E-state index contributed by atoms with van der Waals surface area (Å²) in [6.45, 7) is 2.06. The van der Waals surface area contributed by atoms with E-state index < -0.39 is 23.1 Å². The highest BCUT2D eigenvalue weighted by Crippen LogP contribution is 2.42. The molecule has 0 spiro atoms. The first-order valence-electron chi connectivity index (χ1n) is 8.00. The number of ether oxygens (including phenoxy) is 1. The highest BCUT2D eigenvalue weighted by atomic mass is 16.5. The van der Waals surface area contributed by atoms with Crippen molar-refractivity contribution >= 4 is 17.5 Å². The fourth-order valence-corrected chi connectivity index (χ4v) is 3.59. The molecular formula is C18H17N3O4. The highest BCUT2D eigenvalue weighted by Gasteiger charge is 2.46. The molecule has 0 amide bonds. The summed E-state index contributed by atoms with van der Waals surface area (Å²) in [5.74, 6) is -1.21. The van der Waals surface area contributed by atoms with Gasteiger partial charge in [0.2, 0.25) is 0 Å². The number of hydrogen-bond acceptors (Lipinski definition) is 5. The van der Waals surface area contributed by atoms with Crippen LogP contribution in [0.1, 0.15) is 22.6 Å². The lowest BCUT2D eigenvalue weighted by atomic mass is 9.77. The van der Waals surface area contributed by atoms with E-state index in [1.54, 1.807) is 7.05 Å². The molecule has 0 saturated carbocycles. The lowest BCUT2D eigenvalue weighted by Crippen LogP contribution is -2.43. The van der Waals surface area contributed by atoms with Crippen LogP contribution in [0.4, 0.5) is 5.82 Å². The van der Waals surface area contributed by atoms with E-state index in [4.69, 9.17) is 4.74 Å². The predicted octanol–water partition coefficient (Wildman–Crippen LogP) is 0.783. The first-order chi connectivity index (χ1) is 11.9. The van der Waals surface area contributed by atoms with Crippen LogP contribution in [0, 0.1) is 12.8 Å². The van der Waals surface area contributed by atoms with Crippen molar-refractivity contribution in [2.75, 3.05) is 6.61 Å². The molecule has 0 aliphatic carbocycles. The Bertz CT molecular complexity index is 1040. The van der Waals surface area contributed by atoms with E-state index in [1.165, 1.54) is 11.6 Å². The van der Waals surface area contributed by atoms with Crippen molar-refractivity contribution in [1.82, 2.24) is 9.13 Å². The van der Waals surface area contributed by atoms with Crippen molar-refractivity contribution in [2.24, 2.45) is 25.0 Å². The fraction of sp³-hybridized carbons (Fsp3) is 0.333. The van der Waals surface area contributed by atoms with E-state index in [9.17, 15) is 14.4 Å². The van der Waals surface area contributed by atoms with Crippen LogP contribution in [0.15, 0.2) is 38.8 Å². The highest BCUT2D eigenvalue weighted by molar-refractivity contribution is 6.10. The second-order valence-electron chi connectivity index (χ2n) is 6.52. The third-order valence-corrected chi connectivity index (χ3v) is 4.97. The van der Waals surface area contributed by atoms with E-state index in [1.807, 2.05) is 31.2 Å². The maximum absolute atomic E-state index is 12.9. The second-order valence-corrected chi connectivity index (χ2v) is 6.52. The number of nitrogens with zero attached hydrogens (tertiary/aromatic N) is 3. The van der Waals surface area contributed by atoms with Gasteiger partial charge in [-0.05, 0) is 12.5 Å². The minimum atomic E-state index is -0.625. The molecule has 7 nitrogen and oxygen atoms in total. The summed E-state index contributed by atoms with van der Waals surface area (Å²) in [5.41, 5.74) is 1.97. The lowest BCUT2D eigenvalue weighted by molar-refractivity contribution is -0.141. The Labute approximate surface area is 143 Å². The van der Waals surface area contributed by atoms with Gasteiger partial charge in [-0.2, -0.15) is 0 Å². The predicted molar refractivity (Wildman–Crippen MR) is 91.5 cm³/mol. The van der Waals surface area contributed by atoms with E-state index in [0.717, 1.165) is 15.7 Å². The normalized spacial score (nSPS) is 21.4. The number of carbonyl (C=O) groups excluding carboxylic acids is 1. The molecule has 2 unspecified atom stereocenters. The van der Waals surface area contributed by atoms with Gasteiger partial charge in [-0.1, -0.05) is 29.8 Å². The van der Waals surface area contributed by atoms with Crippen molar-refractivity contribution in [2.45, 2.75) is 12.8 Å². The standard InChI is InChI=1S/C18H17N3O4/c1-9-4-6-10(7-5-9)12-13-11(8-25-17(13)23)19-15-14(12)16(22)21(3)18(24)20(15)2/h4-7,12-13H,8H2,1-3H3. The SMILES string of the molecule is Cc1ccc(C2c3c(n(C)c(=O)n(C)c3=O)N=C3COC(=O)C32)cc1. The van der Waals surface area contributed by atoms with Crippen molar-refractivity contribution in [3.05, 3.63) is 61.8 Å². The molecule has 0 bridgehead atoms. The topological polar surface area (TPSA) is 82.7 Å². The number of benzene rings is 1. The zero-order valence-electron chi connectivity index (χ0n) is 14.1. The summed E-state index contributed by atoms with van der Waals surface area (Å²) < 4.78 is 7.59. The molecule has 2 aromatic rings. The van der Waals surface area contributed by atoms with Gasteiger partial charge in [0.1, 0.15) is 18.3 Å². The summed E-state index contributed by atoms with van der Waals surface area (Å²) in [6, 6.07) is 7.69. The molecule has 3 heterocycles. The van der Waals surface area contributed by atoms with Gasteiger partial charge in [-0.25, -0.2) is 9.79 Å². The van der Waals surface area contributed by atoms with Crippen molar-refractivity contribution in [1.29, 1.82) is 0 Å². The number of aliphatic imine (C=N–C) groups is 1. The van der Waals surface area contributed by atoms with Crippen LogP contribution in [0.3, 0.4) is 0 Å². The number of aryl methyl sites for hydroxylation is 1. The minimum Gasteiger partial charge on any atom is -0.459 e. The maximum atomic E-state index is 12.9. The number of aromatic nitrogens is 2. The van der Waals surface area contributed by atoms with Crippen LogP contribution in [-0.4, -0.2) is 27.4 Å². The zero-order chi connectivity index (χ0) is 17.9. The van der Waals surface area contributed by atoms with Crippen LogP contribution in [-0.2, 0) is 23.6 Å². The molecule has 1 aromatic heterocycles. The monoisotopic (exact) mass is 339 g/mol. The van der Waals surface area contributed by atoms with Crippen molar-refractivity contribution in [3.8, 4) is 0 Å². The lowest BCUT2D eigenvalue weighted by Gasteiger charge is -2.28. The third kappa shape index (κ3) is 2.12. The van der Waals surface area contributed by atoms with Gasteiger partial charge in [0, 0.05) is 20.0 Å². The minimum absolute atomic E-state index is 0.0920. The van der Waals surface area contributed by atoms with E-state index in [0.29, 0.717) is 17.1 Å². The molecule has 1 fully saturated rings. The van der Waals surface area contributed by atoms with Gasteiger partial charge in [0.05, 0.1) is 11.3 Å². The maximum Gasteiger partial charge on any atom is 0.332 e. The number of rotatable bonds is 1. The summed E-state index contributed by atoms with van der Waals surface area (Å²) in [4.78, 5) is 41.9. The number of esters is 1. The Balaban J connectivity index is 2.08. The van der Waals surface area contributed by atoms with Gasteiger partial charge in [0.15, 0.2) is 0 Å². The quantitative estimate of drug-likeness (QED) is 0.719. The molecule has 2 aliphatic heterocycles. The molecule has 0 N–H and O–H groups in total. The summed E-state index contributed by atoms with van der Waals surface area (Å²) >= 11 is 0. The largest absolute Gasteiger partial charge is 0.459 e. The molecule has 4 rings (SSSR count). The molecule has 7 heteroatoms. The number of carbonyl (C=O) groups is 1. The first kappa shape index (κ1) is 15.6. The van der Waals surface area contributed by atoms with Crippen molar-refractivity contribution < 1.29 is 9.53 Å². The molecule has 128 valence electrons. The Morgan fingerprint density at radius 2 is 1.72 bits per heavy atom. The van der Waals surface area contributed by atoms with Gasteiger partial charge >= 0.3 is 11.7 Å². The fourth-order valence-electron chi connectivity index (χ4n) is 3.59. The van der Waals surface area contributed by atoms with E-state index >= 15 is 0 Å². The Morgan fingerprint density at radius 1 is 1.04 bits per heavy atom. The van der Waals surface area contributed by atoms with Gasteiger partial charge in [0.25, 0.3) is 5.56 Å². The number of hydrogen-bond donors (Lipinski definition) is 0. The van der Waals surface area contributed by atoms with Gasteiger partial charge < -0.3 is 4.74 Å². The molecule has 1 saturated heterocycles. The van der Waals surface area contributed by atoms with E-state index in [2.05, 4.69) is 4.99 Å². The van der Waals surface area contributed by atoms with Crippen LogP contribution in [0.25, 0.3) is 0 Å². The van der Waals surface area contributed by atoms with Crippen LogP contribution in [0.5, 0.6) is 0 Å². The average molecular weight is 339 g/mol. The third-order valence-electron chi connectivity index (χ3n) is 4.97.